The molecule has 132 valence electrons. The molecule has 5 nitrogen and oxygen atoms in total. The molecule has 0 amide bonds. The summed E-state index contributed by atoms with van der Waals surface area (Å²) in [5.41, 5.74) is 10.2. The Labute approximate surface area is 143 Å². The van der Waals surface area contributed by atoms with Gasteiger partial charge in [-0.1, -0.05) is 20.8 Å². The van der Waals surface area contributed by atoms with Gasteiger partial charge >= 0.3 is 5.97 Å². The first-order valence-corrected chi connectivity index (χ1v) is 8.42. The second-order valence-electron chi connectivity index (χ2n) is 7.31. The highest BCUT2D eigenvalue weighted by Crippen LogP contribution is 2.36. The molecule has 0 bridgehead atoms. The predicted molar refractivity (Wildman–Crippen MR) is 96.8 cm³/mol. The summed E-state index contributed by atoms with van der Waals surface area (Å²) in [5.74, 6) is -0.917. The first kappa shape index (κ1) is 18.5. The topological polar surface area (TPSA) is 88.5 Å². The number of aromatic carboxylic acids is 1. The Morgan fingerprint density at radius 2 is 1.96 bits per heavy atom. The molecule has 0 spiro atoms. The number of hydrogen-bond donors (Lipinski definition) is 3. The molecule has 1 aromatic heterocycles. The average molecular weight is 332 g/mol. The van der Waals surface area contributed by atoms with Crippen molar-refractivity contribution < 1.29 is 15.0 Å². The third-order valence-corrected chi connectivity index (χ3v) is 4.54. The largest absolute Gasteiger partial charge is 0.478 e. The molecule has 0 unspecified atom stereocenters. The first-order valence-electron chi connectivity index (χ1n) is 8.42. The van der Waals surface area contributed by atoms with E-state index in [1.54, 1.807) is 12.1 Å². The van der Waals surface area contributed by atoms with Crippen LogP contribution >= 0.6 is 0 Å². The Balaban J connectivity index is 2.90. The van der Waals surface area contributed by atoms with Crippen LogP contribution in [0, 0.1) is 6.92 Å². The lowest BCUT2D eigenvalue weighted by Gasteiger charge is -2.23. The van der Waals surface area contributed by atoms with Gasteiger partial charge in [-0.3, -0.25) is 0 Å². The number of nitrogens with two attached hydrogens (primary N) is 1. The van der Waals surface area contributed by atoms with Crippen LogP contribution in [0.4, 0.5) is 0 Å². The van der Waals surface area contributed by atoms with Gasteiger partial charge in [0.25, 0.3) is 0 Å². The fraction of sp³-hybridized carbons (Fsp3) is 0.526. The maximum absolute atomic E-state index is 11.6. The minimum atomic E-state index is -0.917. The van der Waals surface area contributed by atoms with Crippen molar-refractivity contribution in [2.24, 2.45) is 5.73 Å². The number of benzene rings is 1. The van der Waals surface area contributed by atoms with E-state index in [4.69, 9.17) is 5.73 Å². The van der Waals surface area contributed by atoms with Gasteiger partial charge < -0.3 is 20.5 Å². The fourth-order valence-corrected chi connectivity index (χ4v) is 3.36. The highest BCUT2D eigenvalue weighted by atomic mass is 16.4. The highest BCUT2D eigenvalue weighted by Gasteiger charge is 2.25. The number of aromatic nitrogens is 1. The molecule has 0 aliphatic heterocycles. The summed E-state index contributed by atoms with van der Waals surface area (Å²) in [6.07, 6.45) is 1.38. The van der Waals surface area contributed by atoms with Crippen molar-refractivity contribution in [2.45, 2.75) is 52.5 Å². The van der Waals surface area contributed by atoms with Crippen molar-refractivity contribution in [1.29, 1.82) is 0 Å². The maximum Gasteiger partial charge on any atom is 0.335 e. The predicted octanol–water partition coefficient (Wildman–Crippen LogP) is 2.83. The standard InChI is InChI=1S/C19H28N2O3/c1-12-14(6-5-9-22)15-10-13(18(23)24)11-16(19(2,3)4)17(15)21(12)8-7-20/h10-11,22H,5-9,20H2,1-4H3,(H,23,24). The maximum atomic E-state index is 11.6. The zero-order valence-electron chi connectivity index (χ0n) is 15.0. The molecule has 1 heterocycles. The van der Waals surface area contributed by atoms with Gasteiger partial charge in [-0.2, -0.15) is 0 Å². The summed E-state index contributed by atoms with van der Waals surface area (Å²) in [7, 11) is 0. The van der Waals surface area contributed by atoms with Gasteiger partial charge in [-0.15, -0.1) is 0 Å². The Morgan fingerprint density at radius 1 is 1.29 bits per heavy atom. The van der Waals surface area contributed by atoms with Crippen LogP contribution in [-0.2, 0) is 18.4 Å². The van der Waals surface area contributed by atoms with E-state index < -0.39 is 5.97 Å². The molecular formula is C19H28N2O3. The van der Waals surface area contributed by atoms with Crippen LogP contribution in [0.3, 0.4) is 0 Å². The van der Waals surface area contributed by atoms with E-state index in [1.807, 2.05) is 0 Å². The summed E-state index contributed by atoms with van der Waals surface area (Å²) >= 11 is 0. The molecule has 0 saturated heterocycles. The molecule has 4 N–H and O–H groups in total. The molecular weight excluding hydrogens is 304 g/mol. The van der Waals surface area contributed by atoms with E-state index in [2.05, 4.69) is 32.3 Å². The van der Waals surface area contributed by atoms with Crippen molar-refractivity contribution in [3.05, 3.63) is 34.5 Å². The molecule has 0 radical (unpaired) electrons. The second-order valence-corrected chi connectivity index (χ2v) is 7.31. The van der Waals surface area contributed by atoms with E-state index in [9.17, 15) is 15.0 Å². The molecule has 2 rings (SSSR count). The zero-order chi connectivity index (χ0) is 18.1. The lowest BCUT2D eigenvalue weighted by molar-refractivity contribution is 0.0697. The van der Waals surface area contributed by atoms with Gasteiger partial charge in [0.2, 0.25) is 0 Å². The lowest BCUT2D eigenvalue weighted by atomic mass is 9.84. The molecule has 0 saturated carbocycles. The number of carbonyl (C=O) groups is 1. The van der Waals surface area contributed by atoms with Gasteiger partial charge in [-0.05, 0) is 48.4 Å². The van der Waals surface area contributed by atoms with Crippen LogP contribution in [-0.4, -0.2) is 33.9 Å². The van der Waals surface area contributed by atoms with Crippen LogP contribution in [0.15, 0.2) is 12.1 Å². The Morgan fingerprint density at radius 3 is 2.46 bits per heavy atom. The van der Waals surface area contributed by atoms with E-state index in [1.165, 1.54) is 0 Å². The number of aliphatic hydroxyl groups excluding tert-OH is 1. The van der Waals surface area contributed by atoms with Crippen LogP contribution in [0.25, 0.3) is 10.9 Å². The number of aryl methyl sites for hydroxylation is 1. The number of rotatable bonds is 6. The molecule has 0 atom stereocenters. The Hall–Kier alpha value is -1.85. The highest BCUT2D eigenvalue weighted by molar-refractivity contribution is 5.97. The smallest absolute Gasteiger partial charge is 0.335 e. The van der Waals surface area contributed by atoms with Crippen molar-refractivity contribution in [1.82, 2.24) is 4.57 Å². The summed E-state index contributed by atoms with van der Waals surface area (Å²) in [6, 6.07) is 3.55. The van der Waals surface area contributed by atoms with Crippen molar-refractivity contribution in [3.8, 4) is 0 Å². The molecule has 0 aliphatic carbocycles. The second kappa shape index (κ2) is 6.95. The Bertz CT molecular complexity index is 754. The molecule has 5 heteroatoms. The zero-order valence-corrected chi connectivity index (χ0v) is 15.0. The van der Waals surface area contributed by atoms with Gasteiger partial charge in [0, 0.05) is 30.8 Å². The van der Waals surface area contributed by atoms with Crippen LogP contribution in [0.2, 0.25) is 0 Å². The molecule has 0 aliphatic rings. The number of carboxylic acid groups (broad SMARTS) is 1. The minimum absolute atomic E-state index is 0.119. The molecule has 0 fully saturated rings. The van der Waals surface area contributed by atoms with E-state index in [0.29, 0.717) is 25.1 Å². The van der Waals surface area contributed by atoms with Crippen LogP contribution in [0.1, 0.15) is 54.4 Å². The number of nitrogens with zero attached hydrogens (tertiary/aromatic N) is 1. The van der Waals surface area contributed by atoms with E-state index >= 15 is 0 Å². The third kappa shape index (κ3) is 3.32. The van der Waals surface area contributed by atoms with Crippen LogP contribution < -0.4 is 5.73 Å². The number of fused-ring (bicyclic) bond motifs is 1. The molecule has 2 aromatic rings. The first-order chi connectivity index (χ1) is 11.2. The molecule has 24 heavy (non-hydrogen) atoms. The normalized spacial score (nSPS) is 12.1. The van der Waals surface area contributed by atoms with Crippen LogP contribution in [0.5, 0.6) is 0 Å². The van der Waals surface area contributed by atoms with E-state index in [0.717, 1.165) is 34.1 Å². The number of aliphatic hydroxyl groups is 1. The summed E-state index contributed by atoms with van der Waals surface area (Å²) in [4.78, 5) is 11.6. The molecule has 1 aromatic carbocycles. The fourth-order valence-electron chi connectivity index (χ4n) is 3.36. The minimum Gasteiger partial charge on any atom is -0.478 e. The Kier molecular flexibility index (Phi) is 5.35. The number of hydrogen-bond acceptors (Lipinski definition) is 3. The van der Waals surface area contributed by atoms with Gasteiger partial charge in [0.15, 0.2) is 0 Å². The lowest BCUT2D eigenvalue weighted by Crippen LogP contribution is -2.17. The van der Waals surface area contributed by atoms with E-state index in [-0.39, 0.29) is 12.0 Å². The number of carboxylic acids is 1. The van der Waals surface area contributed by atoms with Gasteiger partial charge in [0.1, 0.15) is 0 Å². The van der Waals surface area contributed by atoms with Crippen molar-refractivity contribution in [3.63, 3.8) is 0 Å². The van der Waals surface area contributed by atoms with Crippen molar-refractivity contribution >= 4 is 16.9 Å². The average Bonchev–Trinajstić information content (AvgIpc) is 2.76. The summed E-state index contributed by atoms with van der Waals surface area (Å²) in [5, 5.41) is 19.7. The van der Waals surface area contributed by atoms with Gasteiger partial charge in [-0.25, -0.2) is 4.79 Å². The summed E-state index contributed by atoms with van der Waals surface area (Å²) < 4.78 is 2.20. The van der Waals surface area contributed by atoms with Crippen molar-refractivity contribution in [2.75, 3.05) is 13.2 Å². The quantitative estimate of drug-likeness (QED) is 0.759. The SMILES string of the molecule is Cc1c(CCCO)c2cc(C(=O)O)cc(C(C)(C)C)c2n1CCN. The summed E-state index contributed by atoms with van der Waals surface area (Å²) in [6.45, 7) is 9.66. The van der Waals surface area contributed by atoms with Gasteiger partial charge in [0.05, 0.1) is 11.1 Å². The third-order valence-electron chi connectivity index (χ3n) is 4.54. The monoisotopic (exact) mass is 332 g/mol.